The van der Waals surface area contributed by atoms with Gasteiger partial charge in [0.05, 0.1) is 5.92 Å². The molecule has 1 aliphatic rings. The number of nitrogens with one attached hydrogen (secondary N) is 2. The van der Waals surface area contributed by atoms with Crippen molar-refractivity contribution in [2.24, 2.45) is 5.92 Å². The van der Waals surface area contributed by atoms with Crippen molar-refractivity contribution in [1.82, 2.24) is 10.6 Å². The normalized spacial score (nSPS) is 21.0. The predicted octanol–water partition coefficient (Wildman–Crippen LogP) is -0.521. The summed E-state index contributed by atoms with van der Waals surface area (Å²) in [6.45, 7) is 4.16. The average Bonchev–Trinajstić information content (AvgIpc) is 2.00. The Morgan fingerprint density at radius 1 is 1.64 bits per heavy atom. The monoisotopic (exact) mass is 218 g/mol. The zero-order valence-electron chi connectivity index (χ0n) is 8.71. The lowest BCUT2D eigenvalue weighted by atomic mass is 10.0. The van der Waals surface area contributed by atoms with Crippen molar-refractivity contribution in [2.45, 2.75) is 18.6 Å². The maximum atomic E-state index is 11.3. The predicted molar refractivity (Wildman–Crippen MR) is 57.5 cm³/mol. The van der Waals surface area contributed by atoms with Crippen molar-refractivity contribution in [3.8, 4) is 0 Å². The molecule has 0 spiro atoms. The molecule has 14 heavy (non-hydrogen) atoms. The molecule has 1 heterocycles. The van der Waals surface area contributed by atoms with E-state index in [1.807, 2.05) is 6.92 Å². The largest absolute Gasteiger partial charge is 0.356 e. The Morgan fingerprint density at radius 2 is 2.29 bits per heavy atom. The zero-order chi connectivity index (χ0) is 10.6. The van der Waals surface area contributed by atoms with Crippen LogP contribution >= 0.6 is 0 Å². The lowest BCUT2D eigenvalue weighted by molar-refractivity contribution is -0.126. The Bertz CT molecular complexity index is 229. The SMILES string of the molecule is CC(CCNC(=O)C1CNC1)S(C)=O. The van der Waals surface area contributed by atoms with Crippen molar-refractivity contribution >= 4 is 16.7 Å². The molecule has 0 aromatic carbocycles. The molecule has 1 saturated heterocycles. The van der Waals surface area contributed by atoms with Gasteiger partial charge in [-0.05, 0) is 6.42 Å². The number of rotatable bonds is 5. The van der Waals surface area contributed by atoms with Gasteiger partial charge < -0.3 is 10.6 Å². The van der Waals surface area contributed by atoms with E-state index in [1.54, 1.807) is 6.26 Å². The van der Waals surface area contributed by atoms with E-state index >= 15 is 0 Å². The summed E-state index contributed by atoms with van der Waals surface area (Å²) in [6, 6.07) is 0. The third-order valence-electron chi connectivity index (χ3n) is 2.57. The molecule has 0 aliphatic carbocycles. The molecular formula is C9H18N2O2S. The van der Waals surface area contributed by atoms with Gasteiger partial charge in [-0.25, -0.2) is 0 Å². The van der Waals surface area contributed by atoms with Crippen LogP contribution < -0.4 is 10.6 Å². The van der Waals surface area contributed by atoms with Crippen LogP contribution in [0.5, 0.6) is 0 Å². The maximum absolute atomic E-state index is 11.3. The molecule has 82 valence electrons. The third-order valence-corrected chi connectivity index (χ3v) is 3.94. The summed E-state index contributed by atoms with van der Waals surface area (Å²) in [5, 5.41) is 6.07. The lowest BCUT2D eigenvalue weighted by Gasteiger charge is -2.25. The fraction of sp³-hybridized carbons (Fsp3) is 0.889. The van der Waals surface area contributed by atoms with Crippen LogP contribution in [0.4, 0.5) is 0 Å². The highest BCUT2D eigenvalue weighted by Crippen LogP contribution is 2.03. The van der Waals surface area contributed by atoms with Gasteiger partial charge in [0.25, 0.3) is 0 Å². The zero-order valence-corrected chi connectivity index (χ0v) is 9.52. The first kappa shape index (κ1) is 11.7. The molecule has 0 radical (unpaired) electrons. The Labute approximate surface area is 87.3 Å². The van der Waals surface area contributed by atoms with Crippen molar-refractivity contribution in [1.29, 1.82) is 0 Å². The smallest absolute Gasteiger partial charge is 0.225 e. The molecule has 5 heteroatoms. The minimum Gasteiger partial charge on any atom is -0.356 e. The summed E-state index contributed by atoms with van der Waals surface area (Å²) < 4.78 is 11.0. The number of hydrogen-bond donors (Lipinski definition) is 2. The second-order valence-corrected chi connectivity index (χ2v) is 5.55. The van der Waals surface area contributed by atoms with Crippen LogP contribution in [-0.4, -0.2) is 41.3 Å². The highest BCUT2D eigenvalue weighted by atomic mass is 32.2. The van der Waals surface area contributed by atoms with Crippen LogP contribution in [0.2, 0.25) is 0 Å². The molecule has 2 unspecified atom stereocenters. The van der Waals surface area contributed by atoms with Crippen LogP contribution in [0.15, 0.2) is 0 Å². The van der Waals surface area contributed by atoms with Crippen LogP contribution in [0.25, 0.3) is 0 Å². The van der Waals surface area contributed by atoms with E-state index in [9.17, 15) is 9.00 Å². The maximum Gasteiger partial charge on any atom is 0.225 e. The van der Waals surface area contributed by atoms with Gasteiger partial charge in [-0.3, -0.25) is 9.00 Å². The minimum absolute atomic E-state index is 0.123. The molecule has 4 nitrogen and oxygen atoms in total. The Kier molecular flexibility index (Phi) is 4.54. The lowest BCUT2D eigenvalue weighted by Crippen LogP contribution is -2.51. The minimum atomic E-state index is -0.787. The summed E-state index contributed by atoms with van der Waals surface area (Å²) in [7, 11) is -0.787. The van der Waals surface area contributed by atoms with Gasteiger partial charge in [0.15, 0.2) is 0 Å². The Morgan fingerprint density at radius 3 is 2.71 bits per heavy atom. The van der Waals surface area contributed by atoms with Gasteiger partial charge in [-0.2, -0.15) is 0 Å². The van der Waals surface area contributed by atoms with Gasteiger partial charge in [0, 0.05) is 41.9 Å². The molecule has 0 bridgehead atoms. The van der Waals surface area contributed by atoms with Gasteiger partial charge in [-0.1, -0.05) is 6.92 Å². The molecule has 2 N–H and O–H groups in total. The van der Waals surface area contributed by atoms with Crippen molar-refractivity contribution in [2.75, 3.05) is 25.9 Å². The molecule has 0 aromatic rings. The first-order valence-corrected chi connectivity index (χ1v) is 6.54. The standard InChI is InChI=1S/C9H18N2O2S/c1-7(14(2)13)3-4-11-9(12)8-5-10-6-8/h7-8,10H,3-6H2,1-2H3,(H,11,12). The van der Waals surface area contributed by atoms with Crippen LogP contribution in [0.1, 0.15) is 13.3 Å². The van der Waals surface area contributed by atoms with Gasteiger partial charge in [-0.15, -0.1) is 0 Å². The fourth-order valence-electron chi connectivity index (χ4n) is 1.18. The fourth-order valence-corrected chi connectivity index (χ4v) is 1.63. The Balaban J connectivity index is 2.08. The summed E-state index contributed by atoms with van der Waals surface area (Å²) >= 11 is 0. The van der Waals surface area contributed by atoms with Crippen molar-refractivity contribution < 1.29 is 9.00 Å². The highest BCUT2D eigenvalue weighted by molar-refractivity contribution is 7.84. The van der Waals surface area contributed by atoms with E-state index in [1.165, 1.54) is 0 Å². The molecule has 1 rings (SSSR count). The number of amides is 1. The molecule has 1 aliphatic heterocycles. The molecule has 1 fully saturated rings. The van der Waals surface area contributed by atoms with E-state index in [4.69, 9.17) is 0 Å². The summed E-state index contributed by atoms with van der Waals surface area (Å²) in [5.74, 6) is 0.273. The number of hydrogen-bond acceptors (Lipinski definition) is 3. The Hall–Kier alpha value is -0.420. The second kappa shape index (κ2) is 5.46. The van der Waals surface area contributed by atoms with Crippen LogP contribution in [0, 0.1) is 5.92 Å². The van der Waals surface area contributed by atoms with Crippen LogP contribution in [0.3, 0.4) is 0 Å². The van der Waals surface area contributed by atoms with E-state index in [2.05, 4.69) is 10.6 Å². The van der Waals surface area contributed by atoms with E-state index < -0.39 is 10.8 Å². The van der Waals surface area contributed by atoms with Crippen molar-refractivity contribution in [3.05, 3.63) is 0 Å². The summed E-state index contributed by atoms with van der Waals surface area (Å²) in [5.41, 5.74) is 0. The van der Waals surface area contributed by atoms with E-state index in [-0.39, 0.29) is 17.1 Å². The van der Waals surface area contributed by atoms with E-state index in [0.29, 0.717) is 6.54 Å². The molecular weight excluding hydrogens is 200 g/mol. The second-order valence-electron chi connectivity index (χ2n) is 3.74. The third kappa shape index (κ3) is 3.38. The van der Waals surface area contributed by atoms with Crippen LogP contribution in [-0.2, 0) is 15.6 Å². The van der Waals surface area contributed by atoms with E-state index in [0.717, 1.165) is 19.5 Å². The van der Waals surface area contributed by atoms with Crippen molar-refractivity contribution in [3.63, 3.8) is 0 Å². The first-order chi connectivity index (χ1) is 6.61. The number of carbonyl (C=O) groups is 1. The average molecular weight is 218 g/mol. The molecule has 0 aromatic heterocycles. The first-order valence-electron chi connectivity index (χ1n) is 4.92. The molecule has 2 atom stereocenters. The quantitative estimate of drug-likeness (QED) is 0.653. The molecule has 1 amide bonds. The topological polar surface area (TPSA) is 58.2 Å². The number of carbonyl (C=O) groups excluding carboxylic acids is 1. The summed E-state index contributed by atoms with van der Waals surface area (Å²) in [6.07, 6.45) is 2.48. The highest BCUT2D eigenvalue weighted by Gasteiger charge is 2.24. The van der Waals surface area contributed by atoms with Gasteiger partial charge in [0.1, 0.15) is 0 Å². The van der Waals surface area contributed by atoms with Gasteiger partial charge in [0.2, 0.25) is 5.91 Å². The molecule has 0 saturated carbocycles. The summed E-state index contributed by atoms with van der Waals surface area (Å²) in [4.78, 5) is 11.3. The van der Waals surface area contributed by atoms with Gasteiger partial charge >= 0.3 is 0 Å².